The van der Waals surface area contributed by atoms with Gasteiger partial charge >= 0.3 is 0 Å². The Morgan fingerprint density at radius 3 is 2.88 bits per heavy atom. The van der Waals surface area contributed by atoms with Gasteiger partial charge in [0.25, 0.3) is 5.56 Å². The number of anilines is 1. The van der Waals surface area contributed by atoms with Crippen LogP contribution in [0, 0.1) is 11.6 Å². The lowest BCUT2D eigenvalue weighted by molar-refractivity contribution is -0.113. The minimum atomic E-state index is -0.720. The first-order chi connectivity index (χ1) is 11.5. The van der Waals surface area contributed by atoms with E-state index in [1.165, 1.54) is 6.07 Å². The topological polar surface area (TPSA) is 74.8 Å². The highest BCUT2D eigenvalue weighted by atomic mass is 32.2. The van der Waals surface area contributed by atoms with Crippen molar-refractivity contribution in [2.24, 2.45) is 0 Å². The lowest BCUT2D eigenvalue weighted by atomic mass is 10.2. The molecular formula is C16H17F2N3O2S. The molecular weight excluding hydrogens is 336 g/mol. The molecule has 128 valence electrons. The molecule has 2 aromatic rings. The number of hydrogen-bond donors (Lipinski definition) is 2. The molecule has 1 aromatic heterocycles. The van der Waals surface area contributed by atoms with Crippen LogP contribution in [-0.4, -0.2) is 21.6 Å². The van der Waals surface area contributed by atoms with Crippen LogP contribution in [0.5, 0.6) is 0 Å². The number of H-pyrrole nitrogens is 1. The van der Waals surface area contributed by atoms with E-state index >= 15 is 0 Å². The Bertz CT molecular complexity index is 780. The van der Waals surface area contributed by atoms with Crippen LogP contribution >= 0.6 is 11.8 Å². The number of carbonyl (C=O) groups excluding carboxylic acids is 1. The number of aryl methyl sites for hydroxylation is 1. The van der Waals surface area contributed by atoms with E-state index in [9.17, 15) is 18.4 Å². The third-order valence-electron chi connectivity index (χ3n) is 3.10. The minimum Gasteiger partial charge on any atom is -0.323 e. The molecule has 5 nitrogen and oxygen atoms in total. The molecule has 0 aliphatic heterocycles. The fourth-order valence-electron chi connectivity index (χ4n) is 1.95. The number of nitrogens with one attached hydrogen (secondary N) is 2. The second kappa shape index (κ2) is 8.58. The van der Waals surface area contributed by atoms with Crippen molar-refractivity contribution in [2.45, 2.75) is 31.3 Å². The normalized spacial score (nSPS) is 10.6. The predicted octanol–water partition coefficient (Wildman–Crippen LogP) is 3.12. The maximum Gasteiger partial charge on any atom is 0.251 e. The molecule has 0 radical (unpaired) electrons. The van der Waals surface area contributed by atoms with E-state index in [2.05, 4.69) is 15.3 Å². The summed E-state index contributed by atoms with van der Waals surface area (Å²) in [5, 5.41) is 2.61. The van der Waals surface area contributed by atoms with Crippen molar-refractivity contribution in [3.05, 3.63) is 51.9 Å². The van der Waals surface area contributed by atoms with Crippen molar-refractivity contribution < 1.29 is 13.6 Å². The number of rotatable bonds is 7. The molecule has 0 fully saturated rings. The summed E-state index contributed by atoms with van der Waals surface area (Å²) in [5.74, 6) is -1.97. The lowest BCUT2D eigenvalue weighted by Gasteiger charge is -2.07. The van der Waals surface area contributed by atoms with E-state index in [1.54, 1.807) is 0 Å². The number of halogens is 2. The van der Waals surface area contributed by atoms with Crippen molar-refractivity contribution in [2.75, 3.05) is 11.1 Å². The maximum absolute atomic E-state index is 13.5. The summed E-state index contributed by atoms with van der Waals surface area (Å²) < 4.78 is 26.5. The van der Waals surface area contributed by atoms with E-state index in [1.807, 2.05) is 6.92 Å². The zero-order valence-electron chi connectivity index (χ0n) is 13.1. The zero-order chi connectivity index (χ0) is 17.5. The van der Waals surface area contributed by atoms with E-state index in [0.717, 1.165) is 42.8 Å². The highest BCUT2D eigenvalue weighted by molar-refractivity contribution is 7.99. The standard InChI is InChI=1S/C16H17F2N3O2S/c1-2-3-4-11-8-14(22)21-16(19-11)24-9-15(23)20-13-7-10(17)5-6-12(13)18/h5-8H,2-4,9H2,1H3,(H,20,23)(H,19,21,22). The molecule has 2 N–H and O–H groups in total. The van der Waals surface area contributed by atoms with Gasteiger partial charge in [0.2, 0.25) is 5.91 Å². The predicted molar refractivity (Wildman–Crippen MR) is 89.2 cm³/mol. The molecule has 0 saturated carbocycles. The van der Waals surface area contributed by atoms with E-state index in [0.29, 0.717) is 17.3 Å². The first kappa shape index (κ1) is 18.1. The SMILES string of the molecule is CCCCc1cc(=O)[nH]c(SCC(=O)Nc2cc(F)ccc2F)n1. The smallest absolute Gasteiger partial charge is 0.251 e. The Kier molecular flexibility index (Phi) is 6.48. The summed E-state index contributed by atoms with van der Waals surface area (Å²) in [6.07, 6.45) is 2.59. The van der Waals surface area contributed by atoms with Crippen LogP contribution in [0.15, 0.2) is 34.2 Å². The van der Waals surface area contributed by atoms with Gasteiger partial charge in [0.05, 0.1) is 11.4 Å². The summed E-state index contributed by atoms with van der Waals surface area (Å²) in [7, 11) is 0. The molecule has 1 amide bonds. The molecule has 0 aliphatic rings. The number of unbranched alkanes of at least 4 members (excludes halogenated alkanes) is 1. The number of aromatic nitrogens is 2. The molecule has 1 heterocycles. The maximum atomic E-state index is 13.5. The van der Waals surface area contributed by atoms with Crippen LogP contribution in [0.3, 0.4) is 0 Å². The number of hydrogen-bond acceptors (Lipinski definition) is 4. The number of aromatic amines is 1. The first-order valence-electron chi connectivity index (χ1n) is 7.46. The molecule has 8 heteroatoms. The van der Waals surface area contributed by atoms with Crippen LogP contribution in [0.25, 0.3) is 0 Å². The summed E-state index contributed by atoms with van der Waals surface area (Å²) in [6.45, 7) is 2.04. The van der Waals surface area contributed by atoms with Crippen molar-refractivity contribution in [1.29, 1.82) is 0 Å². The van der Waals surface area contributed by atoms with Gasteiger partial charge in [-0.2, -0.15) is 0 Å². The van der Waals surface area contributed by atoms with Crippen LogP contribution in [0.2, 0.25) is 0 Å². The average molecular weight is 353 g/mol. The molecule has 24 heavy (non-hydrogen) atoms. The molecule has 0 bridgehead atoms. The van der Waals surface area contributed by atoms with Crippen molar-refractivity contribution >= 4 is 23.4 Å². The van der Waals surface area contributed by atoms with Crippen molar-refractivity contribution in [3.63, 3.8) is 0 Å². The van der Waals surface area contributed by atoms with Gasteiger partial charge in [-0.25, -0.2) is 13.8 Å². The fourth-order valence-corrected chi connectivity index (χ4v) is 2.65. The number of thioether (sulfide) groups is 1. The molecule has 0 saturated heterocycles. The van der Waals surface area contributed by atoms with Crippen LogP contribution in [-0.2, 0) is 11.2 Å². The van der Waals surface area contributed by atoms with E-state index < -0.39 is 17.5 Å². The van der Waals surface area contributed by atoms with Gasteiger partial charge in [0.1, 0.15) is 11.6 Å². The molecule has 2 rings (SSSR count). The van der Waals surface area contributed by atoms with Gasteiger partial charge < -0.3 is 10.3 Å². The second-order valence-corrected chi connectivity index (χ2v) is 6.07. The first-order valence-corrected chi connectivity index (χ1v) is 8.44. The van der Waals surface area contributed by atoms with Gasteiger partial charge in [0, 0.05) is 17.8 Å². The summed E-state index contributed by atoms with van der Waals surface area (Å²) in [6, 6.07) is 4.25. The van der Waals surface area contributed by atoms with Gasteiger partial charge in [-0.15, -0.1) is 0 Å². The highest BCUT2D eigenvalue weighted by Crippen LogP contribution is 2.17. The van der Waals surface area contributed by atoms with Crippen LogP contribution < -0.4 is 10.9 Å². The number of amides is 1. The molecule has 1 aromatic carbocycles. The van der Waals surface area contributed by atoms with Crippen molar-refractivity contribution in [3.8, 4) is 0 Å². The quantitative estimate of drug-likeness (QED) is 0.592. The number of carbonyl (C=O) groups is 1. The van der Waals surface area contributed by atoms with E-state index in [4.69, 9.17) is 0 Å². The number of benzene rings is 1. The van der Waals surface area contributed by atoms with Gasteiger partial charge in [-0.05, 0) is 25.0 Å². The van der Waals surface area contributed by atoms with Gasteiger partial charge in [0.15, 0.2) is 5.16 Å². The van der Waals surface area contributed by atoms with Crippen LogP contribution in [0.1, 0.15) is 25.5 Å². The Morgan fingerprint density at radius 1 is 1.33 bits per heavy atom. The van der Waals surface area contributed by atoms with Crippen LogP contribution in [0.4, 0.5) is 14.5 Å². The highest BCUT2D eigenvalue weighted by Gasteiger charge is 2.10. The fraction of sp³-hybridized carbons (Fsp3) is 0.312. The minimum absolute atomic E-state index is 0.0872. The monoisotopic (exact) mass is 353 g/mol. The third kappa shape index (κ3) is 5.45. The Balaban J connectivity index is 1.97. The van der Waals surface area contributed by atoms with Gasteiger partial charge in [-0.1, -0.05) is 25.1 Å². The average Bonchev–Trinajstić information content (AvgIpc) is 2.54. The Morgan fingerprint density at radius 2 is 2.12 bits per heavy atom. The van der Waals surface area contributed by atoms with Crippen molar-refractivity contribution in [1.82, 2.24) is 9.97 Å². The van der Waals surface area contributed by atoms with Gasteiger partial charge in [-0.3, -0.25) is 9.59 Å². The molecule has 0 spiro atoms. The molecule has 0 atom stereocenters. The number of nitrogens with zero attached hydrogens (tertiary/aromatic N) is 1. The third-order valence-corrected chi connectivity index (χ3v) is 3.98. The largest absolute Gasteiger partial charge is 0.323 e. The Labute approximate surface area is 141 Å². The van der Waals surface area contributed by atoms with E-state index in [-0.39, 0.29) is 17.0 Å². The molecule has 0 unspecified atom stereocenters. The second-order valence-electron chi connectivity index (χ2n) is 5.11. The zero-order valence-corrected chi connectivity index (χ0v) is 13.9. The summed E-state index contributed by atoms with van der Waals surface area (Å²) in [5.41, 5.74) is 0.161. The summed E-state index contributed by atoms with van der Waals surface area (Å²) in [4.78, 5) is 30.3. The lowest BCUT2D eigenvalue weighted by Crippen LogP contribution is -2.16. The summed E-state index contributed by atoms with van der Waals surface area (Å²) >= 11 is 1.02. The molecule has 0 aliphatic carbocycles. The Hall–Kier alpha value is -2.22.